The molecule has 2 aromatic carbocycles. The Labute approximate surface area is 214 Å². The Morgan fingerprint density at radius 2 is 1.71 bits per heavy atom. The highest BCUT2D eigenvalue weighted by atomic mass is 79.9. The van der Waals surface area contributed by atoms with E-state index in [0.29, 0.717) is 36.9 Å². The molecule has 11 heteroatoms. The molecule has 2 aromatic rings. The van der Waals surface area contributed by atoms with E-state index >= 15 is 0 Å². The SMILES string of the molecule is CCNC(=O)C(C)N(Cc1ccc(Br)cc1)C(=O)CN(c1ccc2c(c1)OCCO2)S(=O)(=O)CC. The Bertz CT molecular complexity index is 1160. The zero-order valence-corrected chi connectivity index (χ0v) is 22.4. The summed E-state index contributed by atoms with van der Waals surface area (Å²) in [5, 5.41) is 2.73. The molecule has 190 valence electrons. The van der Waals surface area contributed by atoms with E-state index in [-0.39, 0.29) is 18.2 Å². The Hall–Kier alpha value is -2.79. The lowest BCUT2D eigenvalue weighted by Gasteiger charge is -2.32. The van der Waals surface area contributed by atoms with Gasteiger partial charge in [0.2, 0.25) is 21.8 Å². The lowest BCUT2D eigenvalue weighted by atomic mass is 10.1. The van der Waals surface area contributed by atoms with Crippen molar-refractivity contribution in [2.45, 2.75) is 33.4 Å². The van der Waals surface area contributed by atoms with Gasteiger partial charge in [-0.2, -0.15) is 0 Å². The van der Waals surface area contributed by atoms with E-state index in [4.69, 9.17) is 9.47 Å². The number of sulfonamides is 1. The van der Waals surface area contributed by atoms with Crippen molar-refractivity contribution in [3.8, 4) is 11.5 Å². The van der Waals surface area contributed by atoms with E-state index in [0.717, 1.165) is 14.3 Å². The minimum atomic E-state index is -3.82. The fraction of sp³-hybridized carbons (Fsp3) is 0.417. The number of nitrogens with zero attached hydrogens (tertiary/aromatic N) is 2. The highest BCUT2D eigenvalue weighted by Gasteiger charge is 2.31. The number of fused-ring (bicyclic) bond motifs is 1. The van der Waals surface area contributed by atoms with Crippen molar-refractivity contribution in [1.82, 2.24) is 10.2 Å². The molecule has 0 saturated carbocycles. The molecule has 0 aromatic heterocycles. The van der Waals surface area contributed by atoms with Crippen LogP contribution in [0.25, 0.3) is 0 Å². The van der Waals surface area contributed by atoms with E-state index in [1.54, 1.807) is 32.0 Å². The second-order valence-corrected chi connectivity index (χ2v) is 11.1. The van der Waals surface area contributed by atoms with Gasteiger partial charge in [-0.25, -0.2) is 8.42 Å². The van der Waals surface area contributed by atoms with Crippen molar-refractivity contribution in [1.29, 1.82) is 0 Å². The predicted molar refractivity (Wildman–Crippen MR) is 137 cm³/mol. The maximum Gasteiger partial charge on any atom is 0.244 e. The van der Waals surface area contributed by atoms with E-state index in [1.165, 1.54) is 11.8 Å². The molecule has 3 rings (SSSR count). The summed E-state index contributed by atoms with van der Waals surface area (Å²) < 4.78 is 39.1. The highest BCUT2D eigenvalue weighted by Crippen LogP contribution is 2.35. The quantitative estimate of drug-likeness (QED) is 0.473. The molecule has 1 atom stereocenters. The lowest BCUT2D eigenvalue weighted by molar-refractivity contribution is -0.139. The number of amides is 2. The number of benzene rings is 2. The summed E-state index contributed by atoms with van der Waals surface area (Å²) in [5.74, 6) is -0.0876. The first kappa shape index (κ1) is 26.8. The van der Waals surface area contributed by atoms with Gasteiger partial charge in [-0.3, -0.25) is 13.9 Å². The van der Waals surface area contributed by atoms with Crippen molar-refractivity contribution in [3.05, 3.63) is 52.5 Å². The summed E-state index contributed by atoms with van der Waals surface area (Å²) >= 11 is 3.39. The van der Waals surface area contributed by atoms with Crippen LogP contribution in [0.15, 0.2) is 46.9 Å². The van der Waals surface area contributed by atoms with Crippen molar-refractivity contribution in [2.24, 2.45) is 0 Å². The summed E-state index contributed by atoms with van der Waals surface area (Å²) in [4.78, 5) is 27.6. The van der Waals surface area contributed by atoms with Crippen LogP contribution in [0.5, 0.6) is 11.5 Å². The summed E-state index contributed by atoms with van der Waals surface area (Å²) in [6.45, 7) is 5.79. The first-order valence-corrected chi connectivity index (χ1v) is 13.8. The molecular weight excluding hydrogens is 538 g/mol. The molecule has 35 heavy (non-hydrogen) atoms. The van der Waals surface area contributed by atoms with Gasteiger partial charge in [0.1, 0.15) is 25.8 Å². The van der Waals surface area contributed by atoms with Crippen molar-refractivity contribution < 1.29 is 27.5 Å². The van der Waals surface area contributed by atoms with Crippen LogP contribution >= 0.6 is 15.9 Å². The Morgan fingerprint density at radius 3 is 2.34 bits per heavy atom. The van der Waals surface area contributed by atoms with Crippen LogP contribution in [0, 0.1) is 0 Å². The highest BCUT2D eigenvalue weighted by molar-refractivity contribution is 9.10. The molecule has 1 N–H and O–H groups in total. The van der Waals surface area contributed by atoms with Gasteiger partial charge in [0.15, 0.2) is 11.5 Å². The molecule has 9 nitrogen and oxygen atoms in total. The molecule has 2 amide bonds. The van der Waals surface area contributed by atoms with Crippen LogP contribution in [0.2, 0.25) is 0 Å². The Kier molecular flexibility index (Phi) is 9.01. The van der Waals surface area contributed by atoms with Gasteiger partial charge in [0, 0.05) is 23.6 Å². The van der Waals surface area contributed by atoms with E-state index in [2.05, 4.69) is 21.2 Å². The molecular formula is C24H30BrN3O6S. The van der Waals surface area contributed by atoms with Crippen LogP contribution in [-0.4, -0.2) is 63.2 Å². The minimum absolute atomic E-state index is 0.144. The largest absolute Gasteiger partial charge is 0.486 e. The van der Waals surface area contributed by atoms with Crippen LogP contribution in [-0.2, 0) is 26.2 Å². The number of rotatable bonds is 10. The first-order chi connectivity index (χ1) is 16.7. The number of halogens is 1. The Balaban J connectivity index is 1.94. The van der Waals surface area contributed by atoms with Crippen LogP contribution in [0.3, 0.4) is 0 Å². The maximum absolute atomic E-state index is 13.6. The van der Waals surface area contributed by atoms with Crippen LogP contribution < -0.4 is 19.1 Å². The molecule has 0 bridgehead atoms. The summed E-state index contributed by atoms with van der Waals surface area (Å²) in [7, 11) is -3.82. The van der Waals surface area contributed by atoms with Crippen molar-refractivity contribution >= 4 is 43.5 Å². The van der Waals surface area contributed by atoms with Crippen molar-refractivity contribution in [3.63, 3.8) is 0 Å². The molecule has 1 aliphatic heterocycles. The number of hydrogen-bond acceptors (Lipinski definition) is 6. The van der Waals surface area contributed by atoms with E-state index in [9.17, 15) is 18.0 Å². The molecule has 0 fully saturated rings. The Morgan fingerprint density at radius 1 is 1.06 bits per heavy atom. The lowest BCUT2D eigenvalue weighted by Crippen LogP contribution is -2.51. The number of ether oxygens (including phenoxy) is 2. The average Bonchev–Trinajstić information content (AvgIpc) is 2.86. The number of carbonyl (C=O) groups is 2. The molecule has 1 heterocycles. The summed E-state index contributed by atoms with van der Waals surface area (Å²) in [5.41, 5.74) is 1.10. The molecule has 0 radical (unpaired) electrons. The smallest absolute Gasteiger partial charge is 0.244 e. The van der Waals surface area contributed by atoms with E-state index < -0.39 is 28.5 Å². The normalized spacial score (nSPS) is 13.6. The third-order valence-electron chi connectivity index (χ3n) is 5.58. The molecule has 1 aliphatic rings. The third kappa shape index (κ3) is 6.66. The van der Waals surface area contributed by atoms with Gasteiger partial charge in [0.25, 0.3) is 0 Å². The third-order valence-corrected chi connectivity index (χ3v) is 7.85. The van der Waals surface area contributed by atoms with Gasteiger partial charge in [0.05, 0.1) is 11.4 Å². The monoisotopic (exact) mass is 567 g/mol. The van der Waals surface area contributed by atoms with Crippen LogP contribution in [0.1, 0.15) is 26.3 Å². The zero-order valence-electron chi connectivity index (χ0n) is 20.0. The number of likely N-dealkylation sites (N-methyl/N-ethyl adjacent to an activating group) is 1. The predicted octanol–water partition coefficient (Wildman–Crippen LogP) is 2.93. The first-order valence-electron chi connectivity index (χ1n) is 11.4. The zero-order chi connectivity index (χ0) is 25.6. The fourth-order valence-corrected chi connectivity index (χ4v) is 4.92. The minimum Gasteiger partial charge on any atom is -0.486 e. The standard InChI is InChI=1S/C24H30BrN3O6S/c1-4-26-24(30)17(3)27(15-18-6-8-19(25)9-7-18)23(29)16-28(35(31,32)5-2)20-10-11-21-22(14-20)34-13-12-33-21/h6-11,14,17H,4-5,12-13,15-16H2,1-3H3,(H,26,30). The molecule has 1 unspecified atom stereocenters. The van der Waals surface area contributed by atoms with E-state index in [1.807, 2.05) is 24.3 Å². The number of hydrogen-bond donors (Lipinski definition) is 1. The second kappa shape index (κ2) is 11.8. The van der Waals surface area contributed by atoms with Gasteiger partial charge in [-0.05, 0) is 50.6 Å². The fourth-order valence-electron chi connectivity index (χ4n) is 3.60. The van der Waals surface area contributed by atoms with Crippen molar-refractivity contribution in [2.75, 3.05) is 36.4 Å². The molecule has 0 spiro atoms. The summed E-state index contributed by atoms with van der Waals surface area (Å²) in [6, 6.07) is 11.3. The van der Waals surface area contributed by atoms with Gasteiger partial charge < -0.3 is 19.7 Å². The average molecular weight is 568 g/mol. The number of anilines is 1. The van der Waals surface area contributed by atoms with Gasteiger partial charge >= 0.3 is 0 Å². The van der Waals surface area contributed by atoms with Gasteiger partial charge in [-0.15, -0.1) is 0 Å². The number of nitrogens with one attached hydrogen (secondary N) is 1. The molecule has 0 aliphatic carbocycles. The summed E-state index contributed by atoms with van der Waals surface area (Å²) in [6.07, 6.45) is 0. The maximum atomic E-state index is 13.6. The van der Waals surface area contributed by atoms with Crippen LogP contribution in [0.4, 0.5) is 5.69 Å². The molecule has 0 saturated heterocycles. The second-order valence-electron chi connectivity index (χ2n) is 7.95. The topological polar surface area (TPSA) is 105 Å². The number of carbonyl (C=O) groups excluding carboxylic acids is 2. The van der Waals surface area contributed by atoms with Gasteiger partial charge in [-0.1, -0.05) is 28.1 Å².